The van der Waals surface area contributed by atoms with Crippen molar-refractivity contribution in [3.63, 3.8) is 0 Å². The van der Waals surface area contributed by atoms with Gasteiger partial charge in [-0.3, -0.25) is 4.79 Å². The summed E-state index contributed by atoms with van der Waals surface area (Å²) in [4.78, 5) is 11.4. The van der Waals surface area contributed by atoms with Crippen LogP contribution in [0.1, 0.15) is 47.5 Å². The summed E-state index contributed by atoms with van der Waals surface area (Å²) < 4.78 is 0. The van der Waals surface area contributed by atoms with E-state index >= 15 is 0 Å². The van der Waals surface area contributed by atoms with Crippen molar-refractivity contribution in [3.05, 3.63) is 0 Å². The van der Waals surface area contributed by atoms with Gasteiger partial charge in [0.2, 0.25) is 5.91 Å². The molecule has 2 N–H and O–H groups in total. The lowest BCUT2D eigenvalue weighted by Gasteiger charge is -2.19. The molecule has 0 fully saturated rings. The molecular formula is C13H28N2O. The van der Waals surface area contributed by atoms with Gasteiger partial charge in [-0.15, -0.1) is 0 Å². The Morgan fingerprint density at radius 1 is 1.19 bits per heavy atom. The normalized spacial score (nSPS) is 14.9. The van der Waals surface area contributed by atoms with Crippen LogP contribution in [-0.2, 0) is 4.79 Å². The molecule has 0 aliphatic heterocycles. The minimum Gasteiger partial charge on any atom is -0.356 e. The Hall–Kier alpha value is -0.570. The fourth-order valence-electron chi connectivity index (χ4n) is 1.37. The topological polar surface area (TPSA) is 41.1 Å². The number of amides is 1. The first-order valence-electron chi connectivity index (χ1n) is 6.47. The van der Waals surface area contributed by atoms with Crippen LogP contribution in [0.3, 0.4) is 0 Å². The summed E-state index contributed by atoms with van der Waals surface area (Å²) in [6.45, 7) is 12.4. The maximum absolute atomic E-state index is 11.4. The molecule has 0 aromatic rings. The maximum Gasteiger partial charge on any atom is 0.221 e. The third kappa shape index (κ3) is 7.69. The molecule has 2 unspecified atom stereocenters. The van der Waals surface area contributed by atoms with E-state index < -0.39 is 0 Å². The first-order valence-corrected chi connectivity index (χ1v) is 6.47. The van der Waals surface area contributed by atoms with E-state index in [2.05, 4.69) is 45.3 Å². The van der Waals surface area contributed by atoms with Gasteiger partial charge in [-0.25, -0.2) is 0 Å². The lowest BCUT2D eigenvalue weighted by Crippen LogP contribution is -2.36. The SMILES string of the molecule is CCC(C)C(C)NCCC(=O)NCC(C)C. The van der Waals surface area contributed by atoms with Crippen molar-refractivity contribution in [1.82, 2.24) is 10.6 Å². The van der Waals surface area contributed by atoms with E-state index in [0.29, 0.717) is 24.3 Å². The Labute approximate surface area is 100 Å². The van der Waals surface area contributed by atoms with Crippen molar-refractivity contribution in [2.45, 2.75) is 53.5 Å². The summed E-state index contributed by atoms with van der Waals surface area (Å²) in [5, 5.41) is 6.31. The monoisotopic (exact) mass is 228 g/mol. The second-order valence-electron chi connectivity index (χ2n) is 5.08. The van der Waals surface area contributed by atoms with E-state index in [1.807, 2.05) is 0 Å². The second kappa shape index (κ2) is 8.57. The van der Waals surface area contributed by atoms with E-state index in [1.54, 1.807) is 0 Å². The summed E-state index contributed by atoms with van der Waals surface area (Å²) in [6, 6.07) is 0.489. The Morgan fingerprint density at radius 3 is 2.31 bits per heavy atom. The highest BCUT2D eigenvalue weighted by atomic mass is 16.1. The zero-order valence-corrected chi connectivity index (χ0v) is 11.5. The van der Waals surface area contributed by atoms with Crippen LogP contribution in [0.4, 0.5) is 0 Å². The molecule has 0 bridgehead atoms. The Balaban J connectivity index is 3.54. The number of carbonyl (C=O) groups excluding carboxylic acids is 1. The van der Waals surface area contributed by atoms with Crippen LogP contribution >= 0.6 is 0 Å². The molecule has 3 nitrogen and oxygen atoms in total. The number of hydrogen-bond acceptors (Lipinski definition) is 2. The van der Waals surface area contributed by atoms with Crippen LogP contribution in [0.2, 0.25) is 0 Å². The Kier molecular flexibility index (Phi) is 8.26. The van der Waals surface area contributed by atoms with E-state index in [1.165, 1.54) is 6.42 Å². The second-order valence-corrected chi connectivity index (χ2v) is 5.08. The van der Waals surface area contributed by atoms with Crippen molar-refractivity contribution in [1.29, 1.82) is 0 Å². The highest BCUT2D eigenvalue weighted by molar-refractivity contribution is 5.76. The predicted octanol–water partition coefficient (Wildman–Crippen LogP) is 2.17. The lowest BCUT2D eigenvalue weighted by molar-refractivity contribution is -0.121. The third-order valence-electron chi connectivity index (χ3n) is 3.02. The highest BCUT2D eigenvalue weighted by Gasteiger charge is 2.09. The molecule has 0 aliphatic carbocycles. The lowest BCUT2D eigenvalue weighted by atomic mass is 10.0. The molecule has 2 atom stereocenters. The zero-order chi connectivity index (χ0) is 12.6. The van der Waals surface area contributed by atoms with Crippen LogP contribution in [0.25, 0.3) is 0 Å². The number of hydrogen-bond donors (Lipinski definition) is 2. The summed E-state index contributed by atoms with van der Waals surface area (Å²) in [7, 11) is 0. The minimum absolute atomic E-state index is 0.151. The molecule has 0 heterocycles. The Morgan fingerprint density at radius 2 is 1.81 bits per heavy atom. The van der Waals surface area contributed by atoms with Crippen LogP contribution in [0.5, 0.6) is 0 Å². The number of rotatable bonds is 8. The fraction of sp³-hybridized carbons (Fsp3) is 0.923. The minimum atomic E-state index is 0.151. The largest absolute Gasteiger partial charge is 0.356 e. The molecule has 0 aliphatic rings. The molecule has 1 amide bonds. The summed E-state index contributed by atoms with van der Waals surface area (Å²) in [6.07, 6.45) is 1.75. The van der Waals surface area contributed by atoms with Gasteiger partial charge in [0, 0.05) is 25.6 Å². The molecule has 0 aromatic heterocycles. The standard InChI is InChI=1S/C13H28N2O/c1-6-11(4)12(5)14-8-7-13(16)15-9-10(2)3/h10-12,14H,6-9H2,1-5H3,(H,15,16). The van der Waals surface area contributed by atoms with Crippen molar-refractivity contribution in [2.24, 2.45) is 11.8 Å². The molecule has 96 valence electrons. The Bertz CT molecular complexity index is 192. The summed E-state index contributed by atoms with van der Waals surface area (Å²) >= 11 is 0. The first kappa shape index (κ1) is 15.4. The highest BCUT2D eigenvalue weighted by Crippen LogP contribution is 2.06. The third-order valence-corrected chi connectivity index (χ3v) is 3.02. The van der Waals surface area contributed by atoms with E-state index in [4.69, 9.17) is 0 Å². The van der Waals surface area contributed by atoms with Gasteiger partial charge >= 0.3 is 0 Å². The molecule has 0 spiro atoms. The van der Waals surface area contributed by atoms with Gasteiger partial charge in [-0.1, -0.05) is 34.1 Å². The van der Waals surface area contributed by atoms with Crippen molar-refractivity contribution >= 4 is 5.91 Å². The van der Waals surface area contributed by atoms with Gasteiger partial charge in [0.15, 0.2) is 0 Å². The molecule has 0 saturated heterocycles. The van der Waals surface area contributed by atoms with Crippen molar-refractivity contribution < 1.29 is 4.79 Å². The van der Waals surface area contributed by atoms with Gasteiger partial charge in [0.1, 0.15) is 0 Å². The fourth-order valence-corrected chi connectivity index (χ4v) is 1.37. The summed E-state index contributed by atoms with van der Waals surface area (Å²) in [5.74, 6) is 1.34. The molecular weight excluding hydrogens is 200 g/mol. The number of nitrogens with one attached hydrogen (secondary N) is 2. The van der Waals surface area contributed by atoms with Crippen LogP contribution < -0.4 is 10.6 Å². The van der Waals surface area contributed by atoms with Gasteiger partial charge < -0.3 is 10.6 Å². The van der Waals surface area contributed by atoms with Gasteiger partial charge in [0.25, 0.3) is 0 Å². The number of carbonyl (C=O) groups is 1. The smallest absolute Gasteiger partial charge is 0.221 e. The zero-order valence-electron chi connectivity index (χ0n) is 11.5. The van der Waals surface area contributed by atoms with Gasteiger partial charge in [-0.2, -0.15) is 0 Å². The molecule has 0 rings (SSSR count). The molecule has 0 radical (unpaired) electrons. The van der Waals surface area contributed by atoms with Crippen molar-refractivity contribution in [2.75, 3.05) is 13.1 Å². The van der Waals surface area contributed by atoms with E-state index in [9.17, 15) is 4.79 Å². The summed E-state index contributed by atoms with van der Waals surface area (Å²) in [5.41, 5.74) is 0. The average Bonchev–Trinajstić information content (AvgIpc) is 2.24. The molecule has 0 saturated carbocycles. The van der Waals surface area contributed by atoms with E-state index in [-0.39, 0.29) is 5.91 Å². The van der Waals surface area contributed by atoms with Crippen LogP contribution in [-0.4, -0.2) is 25.0 Å². The van der Waals surface area contributed by atoms with Crippen LogP contribution in [0.15, 0.2) is 0 Å². The predicted molar refractivity (Wildman–Crippen MR) is 69.4 cm³/mol. The van der Waals surface area contributed by atoms with Crippen molar-refractivity contribution in [3.8, 4) is 0 Å². The average molecular weight is 228 g/mol. The quantitative estimate of drug-likeness (QED) is 0.668. The van der Waals surface area contributed by atoms with Gasteiger partial charge in [-0.05, 0) is 18.8 Å². The van der Waals surface area contributed by atoms with Crippen LogP contribution in [0, 0.1) is 11.8 Å². The maximum atomic E-state index is 11.4. The van der Waals surface area contributed by atoms with Gasteiger partial charge in [0.05, 0.1) is 0 Å². The molecule has 3 heteroatoms. The van der Waals surface area contributed by atoms with E-state index in [0.717, 1.165) is 13.1 Å². The first-order chi connectivity index (χ1) is 7.47. The molecule has 0 aromatic carbocycles. The molecule has 16 heavy (non-hydrogen) atoms.